The number of fused-ring (bicyclic) bond motifs is 2. The van der Waals surface area contributed by atoms with Crippen LogP contribution in [0.1, 0.15) is 11.1 Å². The summed E-state index contributed by atoms with van der Waals surface area (Å²) in [5, 5.41) is 26.6. The number of anilines is 2. The van der Waals surface area contributed by atoms with E-state index < -0.39 is 0 Å². The number of para-hydroxylation sites is 1. The Bertz CT molecular complexity index is 1760. The summed E-state index contributed by atoms with van der Waals surface area (Å²) in [6.45, 7) is 0.524. The van der Waals surface area contributed by atoms with E-state index in [-0.39, 0.29) is 18.1 Å². The Hall–Kier alpha value is -5.24. The number of aromatic nitrogens is 4. The van der Waals surface area contributed by atoms with Gasteiger partial charge in [0, 0.05) is 35.4 Å². The summed E-state index contributed by atoms with van der Waals surface area (Å²) in [6, 6.07) is 28.7. The van der Waals surface area contributed by atoms with Crippen molar-refractivity contribution in [3.63, 3.8) is 0 Å². The van der Waals surface area contributed by atoms with Crippen LogP contribution >= 0.6 is 0 Å². The number of phenols is 1. The van der Waals surface area contributed by atoms with Crippen LogP contribution in [0.4, 0.5) is 11.5 Å². The summed E-state index contributed by atoms with van der Waals surface area (Å²) < 4.78 is 1.97. The lowest BCUT2D eigenvalue weighted by Gasteiger charge is -2.08. The van der Waals surface area contributed by atoms with Gasteiger partial charge in [-0.1, -0.05) is 36.4 Å². The van der Waals surface area contributed by atoms with Crippen LogP contribution in [-0.2, 0) is 17.6 Å². The number of hydrogen-bond donors (Lipinski definition) is 3. The third-order valence-electron chi connectivity index (χ3n) is 6.59. The number of carbonyl (C=O) groups excluding carboxylic acids is 1. The van der Waals surface area contributed by atoms with Gasteiger partial charge in [-0.3, -0.25) is 14.3 Å². The number of rotatable bonds is 8. The predicted octanol–water partition coefficient (Wildman–Crippen LogP) is 5.32. The van der Waals surface area contributed by atoms with E-state index in [1.165, 1.54) is 0 Å². The molecule has 192 valence electrons. The van der Waals surface area contributed by atoms with Crippen LogP contribution in [0.25, 0.3) is 27.6 Å². The molecule has 39 heavy (non-hydrogen) atoms. The molecular formula is C31H26N6O2. The molecule has 0 aliphatic heterocycles. The fourth-order valence-electron chi connectivity index (χ4n) is 4.65. The van der Waals surface area contributed by atoms with Gasteiger partial charge in [0.2, 0.25) is 5.91 Å². The Morgan fingerprint density at radius 3 is 2.62 bits per heavy atom. The van der Waals surface area contributed by atoms with Gasteiger partial charge in [0.1, 0.15) is 5.75 Å². The first-order valence-electron chi connectivity index (χ1n) is 12.7. The average Bonchev–Trinajstić information content (AvgIpc) is 3.32. The van der Waals surface area contributed by atoms with Crippen molar-refractivity contribution in [1.82, 2.24) is 25.1 Å². The van der Waals surface area contributed by atoms with Gasteiger partial charge in [-0.25, -0.2) is 0 Å². The second kappa shape index (κ2) is 10.6. The smallest absolute Gasteiger partial charge is 0.224 e. The third-order valence-corrected chi connectivity index (χ3v) is 6.59. The maximum absolute atomic E-state index is 12.7. The first-order valence-corrected chi connectivity index (χ1v) is 12.7. The van der Waals surface area contributed by atoms with Crippen molar-refractivity contribution in [2.75, 3.05) is 11.9 Å². The van der Waals surface area contributed by atoms with Crippen molar-refractivity contribution in [3.8, 4) is 11.6 Å². The van der Waals surface area contributed by atoms with Gasteiger partial charge in [-0.05, 0) is 72.1 Å². The molecule has 0 radical (unpaired) electrons. The minimum atomic E-state index is -0.0482. The van der Waals surface area contributed by atoms with E-state index in [0.29, 0.717) is 24.6 Å². The van der Waals surface area contributed by atoms with E-state index >= 15 is 0 Å². The first kappa shape index (κ1) is 24.1. The maximum Gasteiger partial charge on any atom is 0.224 e. The molecule has 3 heterocycles. The van der Waals surface area contributed by atoms with Crippen LogP contribution in [0.3, 0.4) is 0 Å². The van der Waals surface area contributed by atoms with E-state index in [0.717, 1.165) is 38.6 Å². The molecule has 0 saturated carbocycles. The average molecular weight is 515 g/mol. The van der Waals surface area contributed by atoms with Crippen molar-refractivity contribution in [3.05, 3.63) is 115 Å². The van der Waals surface area contributed by atoms with E-state index in [4.69, 9.17) is 0 Å². The van der Waals surface area contributed by atoms with Crippen LogP contribution in [0.5, 0.6) is 5.75 Å². The fraction of sp³-hybridized carbons (Fsp3) is 0.0968. The molecule has 3 aromatic heterocycles. The highest BCUT2D eigenvalue weighted by Gasteiger charge is 2.14. The molecule has 6 aromatic rings. The van der Waals surface area contributed by atoms with Crippen LogP contribution in [0.15, 0.2) is 103 Å². The second-order valence-electron chi connectivity index (χ2n) is 9.30. The molecule has 0 aliphatic rings. The Balaban J connectivity index is 1.16. The first-order chi connectivity index (χ1) is 19.1. The molecule has 3 aromatic carbocycles. The molecule has 0 fully saturated rings. The highest BCUT2D eigenvalue weighted by atomic mass is 16.3. The molecular weight excluding hydrogens is 488 g/mol. The minimum Gasteiger partial charge on any atom is -0.508 e. The topological polar surface area (TPSA) is 105 Å². The summed E-state index contributed by atoms with van der Waals surface area (Å²) in [5.41, 5.74) is 4.77. The molecule has 6 rings (SSSR count). The van der Waals surface area contributed by atoms with E-state index in [1.807, 2.05) is 89.6 Å². The summed E-state index contributed by atoms with van der Waals surface area (Å²) in [4.78, 5) is 17.1. The van der Waals surface area contributed by atoms with E-state index in [9.17, 15) is 9.90 Å². The van der Waals surface area contributed by atoms with Crippen molar-refractivity contribution >= 4 is 39.2 Å². The molecule has 0 saturated heterocycles. The van der Waals surface area contributed by atoms with Gasteiger partial charge >= 0.3 is 0 Å². The number of nitrogens with one attached hydrogen (secondary N) is 2. The zero-order valence-electron chi connectivity index (χ0n) is 21.1. The molecule has 0 aliphatic carbocycles. The van der Waals surface area contributed by atoms with Gasteiger partial charge in [0.25, 0.3) is 0 Å². The van der Waals surface area contributed by atoms with Crippen LogP contribution in [0.2, 0.25) is 0 Å². The highest BCUT2D eigenvalue weighted by Crippen LogP contribution is 2.25. The van der Waals surface area contributed by atoms with Gasteiger partial charge in [0.05, 0.1) is 17.5 Å². The van der Waals surface area contributed by atoms with Gasteiger partial charge < -0.3 is 15.7 Å². The molecule has 3 N–H and O–H groups in total. The summed E-state index contributed by atoms with van der Waals surface area (Å²) in [7, 11) is 0. The summed E-state index contributed by atoms with van der Waals surface area (Å²) in [5.74, 6) is 1.48. The number of carbonyl (C=O) groups is 1. The Morgan fingerprint density at radius 1 is 0.897 bits per heavy atom. The number of nitrogens with zero attached hydrogens (tertiary/aromatic N) is 4. The minimum absolute atomic E-state index is 0.0482. The predicted molar refractivity (Wildman–Crippen MR) is 152 cm³/mol. The molecule has 0 spiro atoms. The Labute approximate surface area is 225 Å². The zero-order chi connectivity index (χ0) is 26.6. The third kappa shape index (κ3) is 5.40. The van der Waals surface area contributed by atoms with Gasteiger partial charge in [-0.2, -0.15) is 0 Å². The number of hydrogen-bond acceptors (Lipinski definition) is 6. The lowest BCUT2D eigenvalue weighted by Crippen LogP contribution is -2.27. The summed E-state index contributed by atoms with van der Waals surface area (Å²) >= 11 is 0. The van der Waals surface area contributed by atoms with Crippen molar-refractivity contribution in [1.29, 1.82) is 0 Å². The monoisotopic (exact) mass is 514 g/mol. The van der Waals surface area contributed by atoms with Gasteiger partial charge in [-0.15, -0.1) is 10.2 Å². The summed E-state index contributed by atoms with van der Waals surface area (Å²) in [6.07, 6.45) is 4.69. The highest BCUT2D eigenvalue weighted by molar-refractivity contribution is 5.90. The largest absolute Gasteiger partial charge is 0.508 e. The molecule has 0 unspecified atom stereocenters. The maximum atomic E-state index is 12.7. The van der Waals surface area contributed by atoms with E-state index in [2.05, 4.69) is 25.8 Å². The molecule has 0 atom stereocenters. The van der Waals surface area contributed by atoms with E-state index in [1.54, 1.807) is 18.3 Å². The van der Waals surface area contributed by atoms with Gasteiger partial charge in [0.15, 0.2) is 11.6 Å². The second-order valence-corrected chi connectivity index (χ2v) is 9.30. The Kier molecular flexibility index (Phi) is 6.57. The van der Waals surface area contributed by atoms with Crippen LogP contribution in [0, 0.1) is 0 Å². The molecule has 8 nitrogen and oxygen atoms in total. The number of aromatic hydroxyl groups is 1. The van der Waals surface area contributed by atoms with Crippen molar-refractivity contribution in [2.24, 2.45) is 0 Å². The molecule has 8 heteroatoms. The number of pyridine rings is 1. The Morgan fingerprint density at radius 2 is 1.77 bits per heavy atom. The molecule has 0 bridgehead atoms. The lowest BCUT2D eigenvalue weighted by atomic mass is 10.1. The van der Waals surface area contributed by atoms with Crippen molar-refractivity contribution < 1.29 is 9.90 Å². The van der Waals surface area contributed by atoms with Crippen molar-refractivity contribution in [2.45, 2.75) is 12.8 Å². The SMILES string of the molecule is O=C(Cc1cn(-c2ccc(Nc3ccc4ncccc4c3)nn2)c2ccccc12)NCCc1ccc(O)cc1. The van der Waals surface area contributed by atoms with Crippen LogP contribution in [-0.4, -0.2) is 37.3 Å². The van der Waals surface area contributed by atoms with Crippen LogP contribution < -0.4 is 10.6 Å². The molecule has 1 amide bonds. The zero-order valence-corrected chi connectivity index (χ0v) is 21.1. The lowest BCUT2D eigenvalue weighted by molar-refractivity contribution is -0.120. The number of benzene rings is 3. The number of phenolic OH excluding ortho intramolecular Hbond substituents is 1. The number of amides is 1. The fourth-order valence-corrected chi connectivity index (χ4v) is 4.65. The quantitative estimate of drug-likeness (QED) is 0.254. The normalized spacial score (nSPS) is 11.1. The standard InChI is InChI=1S/C31H26N6O2/c38-25-10-7-21(8-11-25)15-17-33-31(39)19-23-20-37(28-6-2-1-5-26(23)28)30-14-13-29(35-36-30)34-24-9-12-27-22(18-24)4-3-16-32-27/h1-14,16,18,20,38H,15,17,19H2,(H,33,39)(H,34,35).